The molecule has 0 spiro atoms. The van der Waals surface area contributed by atoms with Gasteiger partial charge in [-0.05, 0) is 25.7 Å². The number of phosphoric acid groups is 2. The van der Waals surface area contributed by atoms with Gasteiger partial charge in [-0.2, -0.15) is 0 Å². The van der Waals surface area contributed by atoms with Crippen molar-refractivity contribution in [3.8, 4) is 0 Å². The van der Waals surface area contributed by atoms with Gasteiger partial charge in [-0.15, -0.1) is 0 Å². The van der Waals surface area contributed by atoms with Gasteiger partial charge in [-0.1, -0.05) is 227 Å². The van der Waals surface area contributed by atoms with Gasteiger partial charge in [0.15, 0.2) is 12.2 Å². The molecule has 0 aromatic carbocycles. The molecule has 0 saturated heterocycles. The van der Waals surface area contributed by atoms with E-state index in [2.05, 4.69) is 27.7 Å². The van der Waals surface area contributed by atoms with Crippen molar-refractivity contribution >= 4 is 39.5 Å². The van der Waals surface area contributed by atoms with E-state index in [0.29, 0.717) is 25.7 Å². The van der Waals surface area contributed by atoms with Gasteiger partial charge in [0.2, 0.25) is 0 Å². The Morgan fingerprint density at radius 1 is 0.320 bits per heavy atom. The molecule has 0 aromatic rings. The molecule has 0 rings (SSSR count). The Hall–Kier alpha value is -1.94. The molecule has 0 heterocycles. The molecule has 0 saturated carbocycles. The number of esters is 4. The standard InChI is InChI=1S/C56H108O17P2/c1-5-9-13-17-21-23-24-25-27-31-35-39-43-56(61)73-52(47-67-54(59)41-37-33-30-26-22-18-14-10-6-2)49-71-75(64,65)69-45-50(57)44-68-74(62,63)70-48-51(72-55(60)42-38-34-29-20-16-12-8-4)46-66-53(58)40-36-32-28-19-15-11-7-3/h50-52,57H,5-49H2,1-4H3,(H,62,63)(H,64,65)/t50-,51+,52+/m0/s1. The second-order valence-corrected chi connectivity index (χ2v) is 23.2. The van der Waals surface area contributed by atoms with Crippen molar-refractivity contribution in [2.24, 2.45) is 0 Å². The SMILES string of the molecule is CCCCCCCCCCCCCCC(=O)O[C@H](COC(=O)CCCCCCCCCCC)COP(=O)(O)OC[C@@H](O)COP(=O)(O)OC[C@@H](COC(=O)CCCCCCCCC)OC(=O)CCCCCCCCC. The van der Waals surface area contributed by atoms with Gasteiger partial charge in [0, 0.05) is 25.7 Å². The fourth-order valence-corrected chi connectivity index (χ4v) is 9.80. The quantitative estimate of drug-likeness (QED) is 0.0222. The Kier molecular flexibility index (Phi) is 50.2. The summed E-state index contributed by atoms with van der Waals surface area (Å²) in [5, 5.41) is 10.5. The van der Waals surface area contributed by atoms with Gasteiger partial charge in [-0.3, -0.25) is 37.3 Å². The third kappa shape index (κ3) is 51.3. The third-order valence-electron chi connectivity index (χ3n) is 12.9. The normalized spacial score (nSPS) is 14.4. The topological polar surface area (TPSA) is 237 Å². The van der Waals surface area contributed by atoms with E-state index in [-0.39, 0.29) is 25.7 Å². The summed E-state index contributed by atoms with van der Waals surface area (Å²) in [5.74, 6) is -2.15. The lowest BCUT2D eigenvalue weighted by atomic mass is 10.0. The van der Waals surface area contributed by atoms with Crippen LogP contribution in [0.2, 0.25) is 0 Å². The Bertz CT molecular complexity index is 1470. The summed E-state index contributed by atoms with van der Waals surface area (Å²) in [6.45, 7) is 4.73. The lowest BCUT2D eigenvalue weighted by Gasteiger charge is -2.21. The molecule has 0 aliphatic carbocycles. The van der Waals surface area contributed by atoms with Crippen molar-refractivity contribution in [3.05, 3.63) is 0 Å². The van der Waals surface area contributed by atoms with Gasteiger partial charge in [0.1, 0.15) is 19.3 Å². The number of phosphoric ester groups is 2. The van der Waals surface area contributed by atoms with E-state index in [4.69, 9.17) is 37.0 Å². The monoisotopic (exact) mass is 1110 g/mol. The maximum Gasteiger partial charge on any atom is 0.472 e. The summed E-state index contributed by atoms with van der Waals surface area (Å²) in [4.78, 5) is 71.5. The van der Waals surface area contributed by atoms with Crippen LogP contribution >= 0.6 is 15.6 Å². The average Bonchev–Trinajstić information content (AvgIpc) is 3.38. The molecule has 19 heteroatoms. The molecule has 444 valence electrons. The van der Waals surface area contributed by atoms with Gasteiger partial charge in [0.05, 0.1) is 26.4 Å². The third-order valence-corrected chi connectivity index (χ3v) is 14.8. The highest BCUT2D eigenvalue weighted by atomic mass is 31.2. The lowest BCUT2D eigenvalue weighted by Crippen LogP contribution is -2.30. The summed E-state index contributed by atoms with van der Waals surface area (Å²) in [7, 11) is -9.86. The summed E-state index contributed by atoms with van der Waals surface area (Å²) in [6.07, 6.45) is 33.6. The minimum atomic E-state index is -4.93. The lowest BCUT2D eigenvalue weighted by molar-refractivity contribution is -0.161. The van der Waals surface area contributed by atoms with Crippen LogP contribution < -0.4 is 0 Å². The highest BCUT2D eigenvalue weighted by Gasteiger charge is 2.30. The molecule has 75 heavy (non-hydrogen) atoms. The zero-order valence-corrected chi connectivity index (χ0v) is 49.3. The van der Waals surface area contributed by atoms with Crippen LogP contribution in [-0.2, 0) is 65.4 Å². The number of unbranched alkanes of at least 4 members (excludes halogenated alkanes) is 31. The van der Waals surface area contributed by atoms with Crippen LogP contribution in [-0.4, -0.2) is 96.7 Å². The zero-order chi connectivity index (χ0) is 55.5. The molecule has 0 aliphatic rings. The van der Waals surface area contributed by atoms with E-state index >= 15 is 0 Å². The number of aliphatic hydroxyl groups is 1. The number of carbonyl (C=O) groups excluding carboxylic acids is 4. The number of hydrogen-bond donors (Lipinski definition) is 3. The first-order valence-corrected chi connectivity index (χ1v) is 32.8. The van der Waals surface area contributed by atoms with Crippen molar-refractivity contribution in [2.75, 3.05) is 39.6 Å². The van der Waals surface area contributed by atoms with Crippen LogP contribution in [0, 0.1) is 0 Å². The number of ether oxygens (including phenoxy) is 4. The van der Waals surface area contributed by atoms with E-state index in [9.17, 15) is 43.2 Å². The van der Waals surface area contributed by atoms with Gasteiger partial charge >= 0.3 is 39.5 Å². The maximum absolute atomic E-state index is 12.9. The zero-order valence-electron chi connectivity index (χ0n) is 47.5. The van der Waals surface area contributed by atoms with Crippen molar-refractivity contribution in [2.45, 2.75) is 296 Å². The number of carbonyl (C=O) groups is 4. The summed E-state index contributed by atoms with van der Waals surface area (Å²) >= 11 is 0. The van der Waals surface area contributed by atoms with Crippen molar-refractivity contribution in [1.29, 1.82) is 0 Å². The molecular weight excluding hydrogens is 1010 g/mol. The highest BCUT2D eigenvalue weighted by molar-refractivity contribution is 7.47. The van der Waals surface area contributed by atoms with Crippen LogP contribution in [0.4, 0.5) is 0 Å². The van der Waals surface area contributed by atoms with E-state index < -0.39 is 97.5 Å². The van der Waals surface area contributed by atoms with Crippen molar-refractivity contribution < 1.29 is 80.2 Å². The number of aliphatic hydroxyl groups excluding tert-OH is 1. The maximum atomic E-state index is 12.9. The Labute approximate surface area is 454 Å². The van der Waals surface area contributed by atoms with Crippen molar-refractivity contribution in [1.82, 2.24) is 0 Å². The first-order valence-electron chi connectivity index (χ1n) is 29.8. The predicted molar refractivity (Wildman–Crippen MR) is 294 cm³/mol. The minimum absolute atomic E-state index is 0.104. The van der Waals surface area contributed by atoms with Crippen LogP contribution in [0.3, 0.4) is 0 Å². The second-order valence-electron chi connectivity index (χ2n) is 20.3. The summed E-state index contributed by atoms with van der Waals surface area (Å²) in [6, 6.07) is 0. The first-order chi connectivity index (χ1) is 36.2. The minimum Gasteiger partial charge on any atom is -0.462 e. The smallest absolute Gasteiger partial charge is 0.462 e. The Balaban J connectivity index is 5.18. The van der Waals surface area contributed by atoms with Crippen LogP contribution in [0.5, 0.6) is 0 Å². The highest BCUT2D eigenvalue weighted by Crippen LogP contribution is 2.45. The first kappa shape index (κ1) is 73.1. The molecule has 0 fully saturated rings. The Morgan fingerprint density at radius 2 is 0.533 bits per heavy atom. The predicted octanol–water partition coefficient (Wildman–Crippen LogP) is 14.8. The number of rotatable bonds is 57. The Morgan fingerprint density at radius 3 is 0.787 bits per heavy atom. The van der Waals surface area contributed by atoms with E-state index in [1.54, 1.807) is 0 Å². The molecule has 3 N–H and O–H groups in total. The summed E-state index contributed by atoms with van der Waals surface area (Å²) in [5.41, 5.74) is 0. The van der Waals surface area contributed by atoms with Gasteiger partial charge in [0.25, 0.3) is 0 Å². The molecule has 0 aromatic heterocycles. The van der Waals surface area contributed by atoms with Crippen LogP contribution in [0.1, 0.15) is 278 Å². The molecular formula is C56H108O17P2. The van der Waals surface area contributed by atoms with Crippen molar-refractivity contribution in [3.63, 3.8) is 0 Å². The van der Waals surface area contributed by atoms with E-state index in [0.717, 1.165) is 116 Å². The van der Waals surface area contributed by atoms with Crippen LogP contribution in [0.15, 0.2) is 0 Å². The largest absolute Gasteiger partial charge is 0.472 e. The van der Waals surface area contributed by atoms with Gasteiger partial charge in [-0.25, -0.2) is 9.13 Å². The van der Waals surface area contributed by atoms with E-state index in [1.165, 1.54) is 83.5 Å². The molecule has 0 radical (unpaired) electrons. The fourth-order valence-electron chi connectivity index (χ4n) is 8.22. The molecule has 0 aliphatic heterocycles. The van der Waals surface area contributed by atoms with Crippen LogP contribution in [0.25, 0.3) is 0 Å². The van der Waals surface area contributed by atoms with Gasteiger partial charge < -0.3 is 33.8 Å². The number of hydrogen-bond acceptors (Lipinski definition) is 15. The molecule has 2 unspecified atom stereocenters. The molecule has 17 nitrogen and oxygen atoms in total. The second kappa shape index (κ2) is 51.5. The fraction of sp³-hybridized carbons (Fsp3) is 0.929. The van der Waals surface area contributed by atoms with E-state index in [1.807, 2.05) is 0 Å². The average molecular weight is 1120 g/mol. The molecule has 0 bridgehead atoms. The molecule has 5 atom stereocenters. The summed E-state index contributed by atoms with van der Waals surface area (Å²) < 4.78 is 67.4. The molecule has 0 amide bonds.